The van der Waals surface area contributed by atoms with Crippen LogP contribution in [-0.2, 0) is 14.4 Å². The first kappa shape index (κ1) is 31.2. The van der Waals surface area contributed by atoms with Crippen LogP contribution in [0.3, 0.4) is 0 Å². The van der Waals surface area contributed by atoms with E-state index in [4.69, 9.17) is 15.9 Å². The number of carboxylic acids is 2. The van der Waals surface area contributed by atoms with Gasteiger partial charge in [-0.15, -0.1) is 0 Å². The third kappa shape index (κ3) is 29.3. The molecule has 0 heterocycles. The van der Waals surface area contributed by atoms with E-state index >= 15 is 0 Å². The van der Waals surface area contributed by atoms with Crippen LogP contribution in [0.1, 0.15) is 96.8 Å². The number of carbonyl (C=O) groups is 3. The van der Waals surface area contributed by atoms with E-state index in [2.05, 4.69) is 31.2 Å². The largest absolute Gasteiger partial charge is 0.481 e. The van der Waals surface area contributed by atoms with E-state index in [0.29, 0.717) is 3.03 Å². The molecule has 0 aliphatic heterocycles. The first-order chi connectivity index (χ1) is 14.3. The summed E-state index contributed by atoms with van der Waals surface area (Å²) in [6.07, 6.45) is 23.6. The van der Waals surface area contributed by atoms with Gasteiger partial charge in [-0.1, -0.05) is 25.8 Å². The second-order valence-electron chi connectivity index (χ2n) is 7.56. The van der Waals surface area contributed by atoms with Crippen molar-refractivity contribution in [1.82, 2.24) is 0 Å². The van der Waals surface area contributed by atoms with Crippen molar-refractivity contribution in [2.45, 2.75) is 103 Å². The number of hydrogen-bond acceptors (Lipinski definition) is 4. The monoisotopic (exact) mass is 433 g/mol. The molecule has 30 heavy (non-hydrogen) atoms. The molecule has 0 radical (unpaired) electrons. The Hall–Kier alpha value is -0.950. The van der Waals surface area contributed by atoms with Gasteiger partial charge in [0.05, 0.1) is 0 Å². The molecule has 0 fully saturated rings. The smallest absolute Gasteiger partial charge is 0.320 e. The Morgan fingerprint density at radius 1 is 0.833 bits per heavy atom. The second-order valence-corrected chi connectivity index (χ2v) is 8.68. The molecule has 0 saturated heterocycles. The number of rotatable bonds is 18. The van der Waals surface area contributed by atoms with Gasteiger partial charge in [0.2, 0.25) is 0 Å². The molecule has 0 aliphatic rings. The Morgan fingerprint density at radius 3 is 1.87 bits per heavy atom. The normalized spacial score (nSPS) is 12.0. The van der Waals surface area contributed by atoms with Crippen LogP contribution >= 0.6 is 0 Å². The molecular formula is C23H40NNaO5. The van der Waals surface area contributed by atoms with Crippen LogP contribution in [-0.4, -0.2) is 59.2 Å². The fraction of sp³-hybridized carbons (Fsp3) is 0.696. The van der Waals surface area contributed by atoms with Gasteiger partial charge in [-0.2, -0.15) is 0 Å². The predicted octanol–water partition coefficient (Wildman–Crippen LogP) is 4.76. The van der Waals surface area contributed by atoms with Crippen molar-refractivity contribution in [1.29, 1.82) is 0 Å². The summed E-state index contributed by atoms with van der Waals surface area (Å²) < 4.78 is 0.468. The summed E-state index contributed by atoms with van der Waals surface area (Å²) in [5, 5.41) is 16.3. The minimum atomic E-state index is -1.17. The molecule has 0 rings (SSSR count). The summed E-state index contributed by atoms with van der Waals surface area (Å²) in [5.41, 5.74) is 5.00. The van der Waals surface area contributed by atoms with Crippen molar-refractivity contribution in [3.63, 3.8) is 0 Å². The maximum Gasteiger partial charge on any atom is 0.320 e. The second kappa shape index (κ2) is 24.3. The maximum atomic E-state index is 10.8. The zero-order valence-corrected chi connectivity index (χ0v) is 21.0. The molecule has 0 spiro atoms. The van der Waals surface area contributed by atoms with Crippen LogP contribution in [0.25, 0.3) is 0 Å². The summed E-state index contributed by atoms with van der Waals surface area (Å²) >= 11 is 0.736. The van der Waals surface area contributed by atoms with E-state index in [0.717, 1.165) is 47.2 Å². The summed E-state index contributed by atoms with van der Waals surface area (Å²) in [5.74, 6) is -2.20. The van der Waals surface area contributed by atoms with Crippen molar-refractivity contribution in [3.8, 4) is 0 Å². The number of carbonyl (C=O) groups excluding carboxylic acids is 1. The fourth-order valence-corrected chi connectivity index (χ4v) is 2.94. The molecular weight excluding hydrogens is 393 g/mol. The maximum absolute atomic E-state index is 10.8. The van der Waals surface area contributed by atoms with E-state index in [1.54, 1.807) is 0 Å². The number of unbranched alkanes of at least 4 members (excludes halogenated alkanes) is 8. The van der Waals surface area contributed by atoms with E-state index in [1.165, 1.54) is 57.8 Å². The van der Waals surface area contributed by atoms with Crippen LogP contribution in [0.2, 0.25) is 0 Å². The van der Waals surface area contributed by atoms with Crippen LogP contribution < -0.4 is 5.73 Å². The van der Waals surface area contributed by atoms with E-state index in [9.17, 15) is 14.4 Å². The van der Waals surface area contributed by atoms with Gasteiger partial charge in [0.15, 0.2) is 0 Å². The van der Waals surface area contributed by atoms with Crippen molar-refractivity contribution in [2.75, 3.05) is 0 Å². The molecule has 0 bridgehead atoms. The van der Waals surface area contributed by atoms with Gasteiger partial charge in [0, 0.05) is 6.42 Å². The summed E-state index contributed by atoms with van der Waals surface area (Å²) in [6, 6.07) is -1.06. The number of aliphatic carboxylic acids is 2. The standard InChI is InChI=1S/C18H31O.C5H9NO4.Na/c1-2-3-4-5-6-7-8-9-10-11-12-13-14-15-16-17-18-19;6-3(5(9)10)1-2-4(7)8;/h6-7,9-10H,2-5,8,11-17H2,1H3;3H,1-2,6H2,(H,7,8)(H,9,10);/b7-6-,10-9-;;. The number of carboxylic acid groups (broad SMARTS) is 2. The molecule has 0 amide bonds. The summed E-state index contributed by atoms with van der Waals surface area (Å²) in [6.45, 7) is 2.25. The van der Waals surface area contributed by atoms with Gasteiger partial charge in [-0.05, 0) is 19.3 Å². The minimum absolute atomic E-state index is 0.0231. The topological polar surface area (TPSA) is 118 Å². The van der Waals surface area contributed by atoms with Gasteiger partial charge >= 0.3 is 117 Å². The van der Waals surface area contributed by atoms with E-state index in [-0.39, 0.29) is 12.8 Å². The molecule has 0 aromatic rings. The Labute approximate surface area is 199 Å². The molecule has 0 aromatic carbocycles. The first-order valence-electron chi connectivity index (χ1n) is 11.3. The zero-order valence-electron chi connectivity index (χ0n) is 19.0. The van der Waals surface area contributed by atoms with E-state index in [1.807, 2.05) is 0 Å². The third-order valence-electron chi connectivity index (χ3n) is 4.47. The zero-order chi connectivity index (χ0) is 23.0. The van der Waals surface area contributed by atoms with Gasteiger partial charge in [-0.25, -0.2) is 0 Å². The molecule has 0 aliphatic carbocycles. The number of nitrogens with two attached hydrogens (primary N) is 1. The molecule has 0 saturated carbocycles. The Morgan fingerprint density at radius 2 is 1.37 bits per heavy atom. The summed E-state index contributed by atoms with van der Waals surface area (Å²) in [4.78, 5) is 30.7. The van der Waals surface area contributed by atoms with Crippen molar-refractivity contribution >= 4 is 42.9 Å². The van der Waals surface area contributed by atoms with Crippen LogP contribution in [0.15, 0.2) is 24.3 Å². The van der Waals surface area contributed by atoms with Gasteiger partial charge in [0.25, 0.3) is 0 Å². The molecule has 168 valence electrons. The molecule has 1 atom stereocenters. The Bertz CT molecular complexity index is 506. The average molecular weight is 434 g/mol. The predicted molar refractivity (Wildman–Crippen MR) is 123 cm³/mol. The summed E-state index contributed by atoms with van der Waals surface area (Å²) in [7, 11) is 0. The minimum Gasteiger partial charge on any atom is -0.481 e. The van der Waals surface area contributed by atoms with Crippen molar-refractivity contribution < 1.29 is 24.6 Å². The van der Waals surface area contributed by atoms with Gasteiger partial charge in [0.1, 0.15) is 6.04 Å². The fourth-order valence-electron chi connectivity index (χ4n) is 2.59. The van der Waals surface area contributed by atoms with Crippen LogP contribution in [0.5, 0.6) is 0 Å². The molecule has 0 aromatic heterocycles. The van der Waals surface area contributed by atoms with Crippen molar-refractivity contribution in [3.05, 3.63) is 24.3 Å². The quantitative estimate of drug-likeness (QED) is 0.163. The Kier molecular flexibility index (Phi) is 25.3. The van der Waals surface area contributed by atoms with Gasteiger partial charge in [-0.3, -0.25) is 9.59 Å². The molecule has 1 unspecified atom stereocenters. The molecule has 7 heteroatoms. The Balaban J connectivity index is 0. The molecule has 4 N–H and O–H groups in total. The number of allylic oxidation sites excluding steroid dienone is 4. The number of hydrogen-bond donors (Lipinski definition) is 3. The third-order valence-corrected chi connectivity index (χ3v) is 4.97. The SMILES string of the molecule is CCCCC/C=C\C/C=C\CCCCCCC[C](=O)[Na].NC(CCC(=O)O)C(=O)O. The average Bonchev–Trinajstić information content (AvgIpc) is 2.69. The van der Waals surface area contributed by atoms with Crippen molar-refractivity contribution in [2.24, 2.45) is 5.73 Å². The molecule has 6 nitrogen and oxygen atoms in total. The van der Waals surface area contributed by atoms with Crippen LogP contribution in [0, 0.1) is 0 Å². The first-order valence-corrected chi connectivity index (χ1v) is 12.3. The van der Waals surface area contributed by atoms with Gasteiger partial charge < -0.3 is 15.9 Å². The van der Waals surface area contributed by atoms with E-state index < -0.39 is 18.0 Å². The van der Waals surface area contributed by atoms with Crippen LogP contribution in [0.4, 0.5) is 0 Å².